The highest BCUT2D eigenvalue weighted by Gasteiger charge is 2.38. The number of rotatable bonds is 6. The molecule has 0 aliphatic carbocycles. The van der Waals surface area contributed by atoms with Crippen molar-refractivity contribution in [3.05, 3.63) is 64.3 Å². The van der Waals surface area contributed by atoms with Gasteiger partial charge >= 0.3 is 5.97 Å². The number of nitrogens with zero attached hydrogens (tertiary/aromatic N) is 1. The molecule has 2 atom stereocenters. The summed E-state index contributed by atoms with van der Waals surface area (Å²) in [6.45, 7) is 2.98. The first-order chi connectivity index (χ1) is 15.4. The molecule has 3 aromatic rings. The summed E-state index contributed by atoms with van der Waals surface area (Å²) >= 11 is 6.11. The number of hydrogen-bond acceptors (Lipinski definition) is 5. The monoisotopic (exact) mass is 455 g/mol. The molecular formula is C24H26ClN3O4. The van der Waals surface area contributed by atoms with Gasteiger partial charge in [-0.3, -0.25) is 14.5 Å². The Hall–Kier alpha value is -3.03. The van der Waals surface area contributed by atoms with Gasteiger partial charge < -0.3 is 19.8 Å². The third-order valence-corrected chi connectivity index (χ3v) is 6.21. The molecule has 4 rings (SSSR count). The number of halogens is 1. The van der Waals surface area contributed by atoms with Crippen LogP contribution in [0.3, 0.4) is 0 Å². The van der Waals surface area contributed by atoms with E-state index in [-0.39, 0.29) is 17.9 Å². The van der Waals surface area contributed by atoms with Crippen LogP contribution in [0, 0.1) is 6.92 Å². The maximum absolute atomic E-state index is 13.0. The molecule has 0 unspecified atom stereocenters. The molecule has 1 aliphatic heterocycles. The molecule has 1 aromatic heterocycles. The lowest BCUT2D eigenvalue weighted by Crippen LogP contribution is -2.38. The number of nitrogens with one attached hydrogen (secondary N) is 2. The third kappa shape index (κ3) is 4.45. The van der Waals surface area contributed by atoms with Gasteiger partial charge in [0.1, 0.15) is 17.5 Å². The average Bonchev–Trinajstić information content (AvgIpc) is 3.33. The summed E-state index contributed by atoms with van der Waals surface area (Å²) in [4.78, 5) is 30.7. The van der Waals surface area contributed by atoms with E-state index >= 15 is 0 Å². The number of carbonyl (C=O) groups is 2. The molecule has 168 valence electrons. The van der Waals surface area contributed by atoms with Crippen LogP contribution >= 0.6 is 11.6 Å². The van der Waals surface area contributed by atoms with Gasteiger partial charge in [-0.25, -0.2) is 0 Å². The Morgan fingerprint density at radius 3 is 2.78 bits per heavy atom. The van der Waals surface area contributed by atoms with Gasteiger partial charge in [0.15, 0.2) is 0 Å². The van der Waals surface area contributed by atoms with Crippen LogP contribution in [0.5, 0.6) is 5.75 Å². The minimum atomic E-state index is -0.431. The van der Waals surface area contributed by atoms with E-state index in [4.69, 9.17) is 21.1 Å². The smallest absolute Gasteiger partial charge is 0.323 e. The van der Waals surface area contributed by atoms with E-state index in [9.17, 15) is 9.59 Å². The number of benzene rings is 2. The van der Waals surface area contributed by atoms with Crippen molar-refractivity contribution in [3.8, 4) is 5.75 Å². The number of aromatic nitrogens is 1. The van der Waals surface area contributed by atoms with Crippen LogP contribution < -0.4 is 10.1 Å². The van der Waals surface area contributed by atoms with E-state index in [0.717, 1.165) is 27.8 Å². The number of aromatic amines is 1. The number of fused-ring (bicyclic) bond motifs is 1. The zero-order valence-corrected chi connectivity index (χ0v) is 19.0. The Morgan fingerprint density at radius 1 is 1.22 bits per heavy atom. The maximum Gasteiger partial charge on any atom is 0.323 e. The molecule has 2 heterocycles. The summed E-state index contributed by atoms with van der Waals surface area (Å²) in [6, 6.07) is 12.6. The number of ether oxygens (including phenoxy) is 2. The minimum absolute atomic E-state index is 0.188. The molecule has 8 heteroatoms. The summed E-state index contributed by atoms with van der Waals surface area (Å²) < 4.78 is 10.3. The summed E-state index contributed by atoms with van der Waals surface area (Å²) in [5, 5.41) is 4.62. The van der Waals surface area contributed by atoms with Gasteiger partial charge in [0.25, 0.3) is 5.91 Å². The van der Waals surface area contributed by atoms with Gasteiger partial charge in [0, 0.05) is 35.1 Å². The molecule has 0 saturated carbocycles. The molecule has 0 bridgehead atoms. The van der Waals surface area contributed by atoms with E-state index in [1.165, 1.54) is 7.11 Å². The Kier molecular flexibility index (Phi) is 6.39. The molecule has 2 aromatic carbocycles. The maximum atomic E-state index is 13.0. The summed E-state index contributed by atoms with van der Waals surface area (Å²) in [6.07, 6.45) is 0.480. The highest BCUT2D eigenvalue weighted by molar-refractivity contribution is 6.31. The van der Waals surface area contributed by atoms with Crippen molar-refractivity contribution < 1.29 is 19.1 Å². The molecule has 7 nitrogen and oxygen atoms in total. The van der Waals surface area contributed by atoms with Crippen LogP contribution in [0.25, 0.3) is 10.9 Å². The van der Waals surface area contributed by atoms with Crippen LogP contribution in [0.2, 0.25) is 5.02 Å². The van der Waals surface area contributed by atoms with Gasteiger partial charge in [-0.15, -0.1) is 0 Å². The third-order valence-electron chi connectivity index (χ3n) is 5.98. The average molecular weight is 456 g/mol. The molecule has 0 radical (unpaired) electrons. The number of esters is 1. The fourth-order valence-electron chi connectivity index (χ4n) is 4.35. The largest absolute Gasteiger partial charge is 0.497 e. The fourth-order valence-corrected chi connectivity index (χ4v) is 4.52. The first-order valence-corrected chi connectivity index (χ1v) is 10.8. The van der Waals surface area contributed by atoms with E-state index in [2.05, 4.69) is 10.3 Å². The van der Waals surface area contributed by atoms with E-state index < -0.39 is 6.04 Å². The van der Waals surface area contributed by atoms with Crippen molar-refractivity contribution in [1.82, 2.24) is 15.2 Å². The van der Waals surface area contributed by atoms with Crippen LogP contribution in [-0.2, 0) is 16.1 Å². The number of carbonyl (C=O) groups excluding carboxylic acids is 2. The lowest BCUT2D eigenvalue weighted by Gasteiger charge is -2.22. The molecule has 1 saturated heterocycles. The molecule has 2 N–H and O–H groups in total. The summed E-state index contributed by atoms with van der Waals surface area (Å²) in [5.41, 5.74) is 3.23. The van der Waals surface area contributed by atoms with Crippen LogP contribution in [0.1, 0.15) is 28.0 Å². The fraction of sp³-hybridized carbons (Fsp3) is 0.333. The second-order valence-corrected chi connectivity index (χ2v) is 8.48. The second kappa shape index (κ2) is 9.22. The predicted molar refractivity (Wildman–Crippen MR) is 123 cm³/mol. The number of methoxy groups -OCH3 is 2. The zero-order valence-electron chi connectivity index (χ0n) is 18.3. The molecular weight excluding hydrogens is 430 g/mol. The van der Waals surface area contributed by atoms with Gasteiger partial charge in [0.05, 0.1) is 14.2 Å². The van der Waals surface area contributed by atoms with Crippen molar-refractivity contribution in [1.29, 1.82) is 0 Å². The van der Waals surface area contributed by atoms with Crippen molar-refractivity contribution in [2.45, 2.75) is 32.0 Å². The highest BCUT2D eigenvalue weighted by atomic mass is 35.5. The lowest BCUT2D eigenvalue weighted by molar-refractivity contribution is -0.146. The number of hydrogen-bond donors (Lipinski definition) is 2. The van der Waals surface area contributed by atoms with Gasteiger partial charge in [-0.2, -0.15) is 0 Å². The standard InChI is InChI=1S/C24H26ClN3O4/c1-14-19-10-16(25)7-8-20(19)27-22(14)23(29)26-17-11-21(24(30)32-3)28(13-17)12-15-5-4-6-18(9-15)31-2/h4-10,17,21,27H,11-13H2,1-3H3,(H,26,29)/t17-,21-/m0/s1. The van der Waals surface area contributed by atoms with Gasteiger partial charge in [-0.05, 0) is 54.8 Å². The molecule has 1 amide bonds. The van der Waals surface area contributed by atoms with Crippen molar-refractivity contribution in [2.75, 3.05) is 20.8 Å². The van der Waals surface area contributed by atoms with Crippen LogP contribution in [-0.4, -0.2) is 54.6 Å². The van der Waals surface area contributed by atoms with Crippen molar-refractivity contribution in [3.63, 3.8) is 0 Å². The van der Waals surface area contributed by atoms with Crippen molar-refractivity contribution in [2.24, 2.45) is 0 Å². The SMILES string of the molecule is COC(=O)[C@@H]1C[C@H](NC(=O)c2[nH]c3ccc(Cl)cc3c2C)CN1Cc1cccc(OC)c1. The minimum Gasteiger partial charge on any atom is -0.497 e. The van der Waals surface area contributed by atoms with Gasteiger partial charge in [-0.1, -0.05) is 23.7 Å². The van der Waals surface area contributed by atoms with Crippen LogP contribution in [0.4, 0.5) is 0 Å². The lowest BCUT2D eigenvalue weighted by atomic mass is 10.1. The topological polar surface area (TPSA) is 83.7 Å². The first-order valence-electron chi connectivity index (χ1n) is 10.4. The predicted octanol–water partition coefficient (Wildman–Crippen LogP) is 3.68. The number of amides is 1. The van der Waals surface area contributed by atoms with Crippen molar-refractivity contribution >= 4 is 34.4 Å². The Balaban J connectivity index is 1.51. The molecule has 32 heavy (non-hydrogen) atoms. The molecule has 0 spiro atoms. The van der Waals surface area contributed by atoms with Gasteiger partial charge in [0.2, 0.25) is 0 Å². The quantitative estimate of drug-likeness (QED) is 0.554. The van der Waals surface area contributed by atoms with E-state index in [0.29, 0.717) is 30.2 Å². The summed E-state index contributed by atoms with van der Waals surface area (Å²) in [7, 11) is 3.01. The Labute approximate surface area is 191 Å². The number of aryl methyl sites for hydroxylation is 1. The number of H-pyrrole nitrogens is 1. The zero-order chi connectivity index (χ0) is 22.8. The van der Waals surface area contributed by atoms with E-state index in [1.54, 1.807) is 13.2 Å². The molecule has 1 aliphatic rings. The molecule has 1 fully saturated rings. The van der Waals surface area contributed by atoms with Crippen LogP contribution in [0.15, 0.2) is 42.5 Å². The van der Waals surface area contributed by atoms with E-state index in [1.807, 2.05) is 48.2 Å². The highest BCUT2D eigenvalue weighted by Crippen LogP contribution is 2.27. The number of likely N-dealkylation sites (tertiary alicyclic amines) is 1. The normalized spacial score (nSPS) is 18.6. The Bertz CT molecular complexity index is 1160. The first kappa shape index (κ1) is 22.2. The summed E-state index contributed by atoms with van der Waals surface area (Å²) in [5.74, 6) is 0.253. The second-order valence-electron chi connectivity index (χ2n) is 8.04. The Morgan fingerprint density at radius 2 is 2.03 bits per heavy atom.